The molecule has 0 aliphatic rings. The van der Waals surface area contributed by atoms with E-state index < -0.39 is 0 Å². The zero-order valence-corrected chi connectivity index (χ0v) is 15.6. The van der Waals surface area contributed by atoms with Crippen molar-refractivity contribution in [1.29, 1.82) is 0 Å². The van der Waals surface area contributed by atoms with E-state index in [0.29, 0.717) is 28.2 Å². The molecule has 2 aromatic carbocycles. The van der Waals surface area contributed by atoms with Crippen LogP contribution in [-0.4, -0.2) is 15.9 Å². The molecule has 0 spiro atoms. The van der Waals surface area contributed by atoms with Gasteiger partial charge in [-0.3, -0.25) is 4.79 Å². The van der Waals surface area contributed by atoms with Crippen LogP contribution in [0.15, 0.2) is 69.7 Å². The van der Waals surface area contributed by atoms with E-state index in [9.17, 15) is 4.79 Å². The number of halogens is 2. The van der Waals surface area contributed by atoms with E-state index in [4.69, 9.17) is 16.0 Å². The van der Waals surface area contributed by atoms with Gasteiger partial charge in [-0.05, 0) is 48.5 Å². The summed E-state index contributed by atoms with van der Waals surface area (Å²) in [6.45, 7) is 0. The van der Waals surface area contributed by atoms with Gasteiger partial charge in [-0.1, -0.05) is 33.6 Å². The zero-order valence-electron chi connectivity index (χ0n) is 13.2. The van der Waals surface area contributed by atoms with Crippen LogP contribution in [0.25, 0.3) is 22.6 Å². The summed E-state index contributed by atoms with van der Waals surface area (Å²) in [6, 6.07) is 16.2. The Hall–Kier alpha value is -2.70. The molecule has 1 amide bonds. The van der Waals surface area contributed by atoms with Crippen LogP contribution in [0.3, 0.4) is 0 Å². The Morgan fingerprint density at radius 1 is 1.12 bits per heavy atom. The Bertz CT molecular complexity index is 1130. The smallest absolute Gasteiger partial charge is 0.258 e. The fourth-order valence-corrected chi connectivity index (χ4v) is 3.11. The van der Waals surface area contributed by atoms with E-state index in [-0.39, 0.29) is 11.1 Å². The summed E-state index contributed by atoms with van der Waals surface area (Å²) in [5.74, 6) is 0.179. The number of hydrogen-bond donors (Lipinski definition) is 1. The van der Waals surface area contributed by atoms with Crippen molar-refractivity contribution in [3.05, 3.63) is 76.0 Å². The average Bonchev–Trinajstić information content (AvgIpc) is 3.05. The number of carbonyl (C=O) groups is 1. The first-order valence-electron chi connectivity index (χ1n) is 7.68. The minimum Gasteiger partial charge on any atom is -0.436 e. The molecule has 26 heavy (non-hydrogen) atoms. The fourth-order valence-electron chi connectivity index (χ4n) is 2.50. The number of nitrogens with one attached hydrogen (secondary N) is 1. The van der Waals surface area contributed by atoms with Gasteiger partial charge in [-0.15, -0.1) is 0 Å². The predicted octanol–water partition coefficient (Wildman–Crippen LogP) is 5.56. The second-order valence-corrected chi connectivity index (χ2v) is 6.78. The molecule has 0 aliphatic heterocycles. The molecule has 0 atom stereocenters. The highest BCUT2D eigenvalue weighted by Crippen LogP contribution is 2.28. The van der Waals surface area contributed by atoms with Crippen LogP contribution in [0.1, 0.15) is 10.4 Å². The average molecular weight is 429 g/mol. The van der Waals surface area contributed by atoms with Gasteiger partial charge in [0.15, 0.2) is 5.58 Å². The summed E-state index contributed by atoms with van der Waals surface area (Å²) in [5.41, 5.74) is 3.05. The summed E-state index contributed by atoms with van der Waals surface area (Å²) < 4.78 is 6.74. The number of oxazole rings is 1. The molecule has 0 unspecified atom stereocenters. The third-order valence-electron chi connectivity index (χ3n) is 3.72. The minimum atomic E-state index is -0.335. The minimum absolute atomic E-state index is 0.157. The number of fused-ring (bicyclic) bond motifs is 1. The Kier molecular flexibility index (Phi) is 4.44. The van der Waals surface area contributed by atoms with Crippen molar-refractivity contribution in [3.63, 3.8) is 0 Å². The number of hydrogen-bond acceptors (Lipinski definition) is 4. The molecular weight excluding hydrogens is 418 g/mol. The van der Waals surface area contributed by atoms with E-state index in [2.05, 4.69) is 31.2 Å². The number of rotatable bonds is 3. The Morgan fingerprint density at radius 2 is 2.00 bits per heavy atom. The van der Waals surface area contributed by atoms with Gasteiger partial charge in [0.25, 0.3) is 5.91 Å². The number of aromatic nitrogens is 2. The van der Waals surface area contributed by atoms with Gasteiger partial charge in [-0.2, -0.15) is 0 Å². The normalized spacial score (nSPS) is 10.8. The number of pyridine rings is 1. The van der Waals surface area contributed by atoms with E-state index in [0.717, 1.165) is 10.0 Å². The highest BCUT2D eigenvalue weighted by atomic mass is 79.9. The van der Waals surface area contributed by atoms with Crippen LogP contribution in [0.4, 0.5) is 5.69 Å². The summed E-state index contributed by atoms with van der Waals surface area (Å²) in [6.07, 6.45) is 1.53. The van der Waals surface area contributed by atoms with Gasteiger partial charge in [0.05, 0.1) is 5.56 Å². The first kappa shape index (κ1) is 16.8. The van der Waals surface area contributed by atoms with E-state index >= 15 is 0 Å². The number of carbonyl (C=O) groups excluding carboxylic acids is 1. The van der Waals surface area contributed by atoms with Crippen LogP contribution in [0, 0.1) is 0 Å². The molecule has 1 N–H and O–H groups in total. The molecule has 0 bridgehead atoms. The monoisotopic (exact) mass is 427 g/mol. The van der Waals surface area contributed by atoms with Crippen LogP contribution in [0.2, 0.25) is 5.15 Å². The largest absolute Gasteiger partial charge is 0.436 e. The number of anilines is 1. The molecule has 2 aromatic heterocycles. The molecule has 4 rings (SSSR count). The van der Waals surface area contributed by atoms with Gasteiger partial charge in [0.2, 0.25) is 5.89 Å². The van der Waals surface area contributed by atoms with E-state index in [1.807, 2.05) is 24.3 Å². The van der Waals surface area contributed by atoms with Gasteiger partial charge < -0.3 is 9.73 Å². The molecule has 128 valence electrons. The standard InChI is InChI=1S/C19H11BrClN3O2/c20-12-4-1-3-11(9-12)19-24-15-10-13(6-7-16(15)26-19)23-18(25)14-5-2-8-22-17(14)21/h1-10H,(H,23,25). The molecule has 4 aromatic rings. The molecule has 2 heterocycles. The van der Waals surface area contributed by atoms with E-state index in [1.54, 1.807) is 30.3 Å². The van der Waals surface area contributed by atoms with Crippen LogP contribution in [-0.2, 0) is 0 Å². The van der Waals surface area contributed by atoms with Crippen molar-refractivity contribution >= 4 is 50.2 Å². The quantitative estimate of drug-likeness (QED) is 0.434. The van der Waals surface area contributed by atoms with Crippen LogP contribution < -0.4 is 5.32 Å². The lowest BCUT2D eigenvalue weighted by Gasteiger charge is -2.05. The van der Waals surface area contributed by atoms with Crippen molar-refractivity contribution < 1.29 is 9.21 Å². The lowest BCUT2D eigenvalue weighted by atomic mass is 10.2. The highest BCUT2D eigenvalue weighted by Gasteiger charge is 2.13. The van der Waals surface area contributed by atoms with Crippen molar-refractivity contribution in [2.75, 3.05) is 5.32 Å². The Balaban J connectivity index is 1.64. The molecule has 0 aliphatic carbocycles. The van der Waals surface area contributed by atoms with Crippen molar-refractivity contribution in [2.24, 2.45) is 0 Å². The SMILES string of the molecule is O=C(Nc1ccc2oc(-c3cccc(Br)c3)nc2c1)c1cccnc1Cl. The molecule has 7 heteroatoms. The second-order valence-electron chi connectivity index (χ2n) is 5.51. The highest BCUT2D eigenvalue weighted by molar-refractivity contribution is 9.10. The summed E-state index contributed by atoms with van der Waals surface area (Å²) >= 11 is 9.40. The van der Waals surface area contributed by atoms with Gasteiger partial charge in [-0.25, -0.2) is 9.97 Å². The summed E-state index contributed by atoms with van der Waals surface area (Å²) in [4.78, 5) is 20.8. The third kappa shape index (κ3) is 3.34. The molecule has 5 nitrogen and oxygen atoms in total. The maximum absolute atomic E-state index is 12.4. The molecule has 0 saturated carbocycles. The van der Waals surface area contributed by atoms with Gasteiger partial charge in [0.1, 0.15) is 10.7 Å². The first-order valence-corrected chi connectivity index (χ1v) is 8.86. The second kappa shape index (κ2) is 6.90. The maximum Gasteiger partial charge on any atom is 0.258 e. The number of benzene rings is 2. The predicted molar refractivity (Wildman–Crippen MR) is 104 cm³/mol. The summed E-state index contributed by atoms with van der Waals surface area (Å²) in [5, 5.41) is 2.95. The lowest BCUT2D eigenvalue weighted by molar-refractivity contribution is 0.102. The number of nitrogens with zero attached hydrogens (tertiary/aromatic N) is 2. The molecular formula is C19H11BrClN3O2. The first-order chi connectivity index (χ1) is 12.6. The van der Waals surface area contributed by atoms with E-state index in [1.165, 1.54) is 6.20 Å². The maximum atomic E-state index is 12.4. The molecule has 0 radical (unpaired) electrons. The number of amides is 1. The molecule has 0 saturated heterocycles. The Morgan fingerprint density at radius 3 is 2.81 bits per heavy atom. The van der Waals surface area contributed by atoms with Crippen LogP contribution >= 0.6 is 27.5 Å². The molecule has 0 fully saturated rings. The lowest BCUT2D eigenvalue weighted by Crippen LogP contribution is -2.12. The van der Waals surface area contributed by atoms with Gasteiger partial charge in [0, 0.05) is 21.9 Å². The van der Waals surface area contributed by atoms with Gasteiger partial charge >= 0.3 is 0 Å². The van der Waals surface area contributed by atoms with Crippen molar-refractivity contribution in [1.82, 2.24) is 9.97 Å². The van der Waals surface area contributed by atoms with Crippen molar-refractivity contribution in [2.45, 2.75) is 0 Å². The summed E-state index contributed by atoms with van der Waals surface area (Å²) in [7, 11) is 0. The Labute approximate surface area is 162 Å². The van der Waals surface area contributed by atoms with Crippen LogP contribution in [0.5, 0.6) is 0 Å². The fraction of sp³-hybridized carbons (Fsp3) is 0. The van der Waals surface area contributed by atoms with Crippen molar-refractivity contribution in [3.8, 4) is 11.5 Å². The topological polar surface area (TPSA) is 68.0 Å². The third-order valence-corrected chi connectivity index (χ3v) is 4.52. The zero-order chi connectivity index (χ0) is 18.1.